The summed E-state index contributed by atoms with van der Waals surface area (Å²) in [6.45, 7) is 3.92. The fourth-order valence-electron chi connectivity index (χ4n) is 1.86. The lowest BCUT2D eigenvalue weighted by molar-refractivity contribution is -0.121. The molecule has 0 saturated carbocycles. The minimum atomic E-state index is -0.495. The summed E-state index contributed by atoms with van der Waals surface area (Å²) in [5.41, 5.74) is 8.34. The monoisotopic (exact) mass is 277 g/mol. The first-order valence-corrected chi connectivity index (χ1v) is 6.75. The van der Waals surface area contributed by atoms with Gasteiger partial charge in [0, 0.05) is 12.1 Å². The summed E-state index contributed by atoms with van der Waals surface area (Å²) in [5.74, 6) is -0.541. The molecule has 0 unspecified atom stereocenters. The molecule has 1 atom stereocenters. The second kappa shape index (κ2) is 5.44. The van der Waals surface area contributed by atoms with E-state index in [2.05, 4.69) is 10.3 Å². The van der Waals surface area contributed by atoms with E-state index in [9.17, 15) is 9.59 Å². The number of amidine groups is 1. The Hall–Kier alpha value is -1.82. The number of benzene rings is 1. The van der Waals surface area contributed by atoms with Crippen molar-refractivity contribution in [2.75, 3.05) is 5.32 Å². The molecule has 2 amide bonds. The fraction of sp³-hybridized carbons (Fsp3) is 0.308. The van der Waals surface area contributed by atoms with E-state index in [1.807, 2.05) is 32.0 Å². The SMILES string of the molecule is Cc1ccc(NC(=O)C[C@@H]2SC(N)=NC2=O)c(C)c1. The number of thioether (sulfide) groups is 1. The van der Waals surface area contributed by atoms with Gasteiger partial charge in [-0.25, -0.2) is 0 Å². The highest BCUT2D eigenvalue weighted by Crippen LogP contribution is 2.24. The van der Waals surface area contributed by atoms with Gasteiger partial charge >= 0.3 is 0 Å². The van der Waals surface area contributed by atoms with E-state index in [1.54, 1.807) is 0 Å². The van der Waals surface area contributed by atoms with Gasteiger partial charge in [0.2, 0.25) is 5.91 Å². The number of aryl methyl sites for hydroxylation is 2. The highest BCUT2D eigenvalue weighted by atomic mass is 32.2. The molecular weight excluding hydrogens is 262 g/mol. The molecule has 1 aliphatic heterocycles. The number of aliphatic imine (C=N–C) groups is 1. The minimum absolute atomic E-state index is 0.0843. The molecule has 100 valence electrons. The number of rotatable bonds is 3. The average molecular weight is 277 g/mol. The Morgan fingerprint density at radius 2 is 2.21 bits per heavy atom. The third-order valence-electron chi connectivity index (χ3n) is 2.79. The molecular formula is C13H15N3O2S. The molecule has 0 radical (unpaired) electrons. The standard InChI is InChI=1S/C13H15N3O2S/c1-7-3-4-9(8(2)5-7)15-11(17)6-10-12(18)16-13(14)19-10/h3-5,10H,6H2,1-2H3,(H,15,17)(H2,14,16,18)/t10-/m0/s1. The zero-order chi connectivity index (χ0) is 14.0. The van der Waals surface area contributed by atoms with Gasteiger partial charge in [0.25, 0.3) is 5.91 Å². The molecule has 19 heavy (non-hydrogen) atoms. The Labute approximate surface area is 115 Å². The molecule has 6 heteroatoms. The Bertz CT molecular complexity index is 569. The van der Waals surface area contributed by atoms with Crippen molar-refractivity contribution in [3.63, 3.8) is 0 Å². The maximum absolute atomic E-state index is 11.9. The van der Waals surface area contributed by atoms with Crippen LogP contribution in [0.3, 0.4) is 0 Å². The van der Waals surface area contributed by atoms with E-state index >= 15 is 0 Å². The molecule has 0 bridgehead atoms. The molecule has 2 rings (SSSR count). The Morgan fingerprint density at radius 1 is 1.47 bits per heavy atom. The van der Waals surface area contributed by atoms with Gasteiger partial charge in [-0.05, 0) is 25.5 Å². The first-order chi connectivity index (χ1) is 8.95. The highest BCUT2D eigenvalue weighted by Gasteiger charge is 2.29. The Kier molecular flexibility index (Phi) is 3.90. The van der Waals surface area contributed by atoms with E-state index in [0.717, 1.165) is 28.6 Å². The highest BCUT2D eigenvalue weighted by molar-refractivity contribution is 8.15. The van der Waals surface area contributed by atoms with E-state index in [-0.39, 0.29) is 23.4 Å². The van der Waals surface area contributed by atoms with Crippen molar-refractivity contribution in [3.8, 4) is 0 Å². The van der Waals surface area contributed by atoms with Gasteiger partial charge in [-0.3, -0.25) is 9.59 Å². The van der Waals surface area contributed by atoms with Crippen molar-refractivity contribution in [2.45, 2.75) is 25.5 Å². The normalized spacial score (nSPS) is 18.3. The quantitative estimate of drug-likeness (QED) is 0.878. The second-order valence-electron chi connectivity index (χ2n) is 4.47. The van der Waals surface area contributed by atoms with Crippen LogP contribution < -0.4 is 11.1 Å². The maximum Gasteiger partial charge on any atom is 0.262 e. The Balaban J connectivity index is 1.97. The number of hydrogen-bond acceptors (Lipinski definition) is 4. The summed E-state index contributed by atoms with van der Waals surface area (Å²) in [6.07, 6.45) is 0.0843. The molecule has 1 aromatic rings. The largest absolute Gasteiger partial charge is 0.378 e. The van der Waals surface area contributed by atoms with Gasteiger partial charge in [0.1, 0.15) is 5.25 Å². The third kappa shape index (κ3) is 3.35. The topological polar surface area (TPSA) is 84.6 Å². The summed E-state index contributed by atoms with van der Waals surface area (Å²) in [4.78, 5) is 26.9. The molecule has 5 nitrogen and oxygen atoms in total. The van der Waals surface area contributed by atoms with Gasteiger partial charge in [0.15, 0.2) is 5.17 Å². The number of nitrogens with one attached hydrogen (secondary N) is 1. The number of carbonyl (C=O) groups excluding carboxylic acids is 2. The lowest BCUT2D eigenvalue weighted by atomic mass is 10.1. The van der Waals surface area contributed by atoms with Gasteiger partial charge in [-0.2, -0.15) is 4.99 Å². The van der Waals surface area contributed by atoms with Crippen LogP contribution in [-0.2, 0) is 9.59 Å². The summed E-state index contributed by atoms with van der Waals surface area (Å²) < 4.78 is 0. The van der Waals surface area contributed by atoms with Crippen molar-refractivity contribution in [2.24, 2.45) is 10.7 Å². The maximum atomic E-state index is 11.9. The van der Waals surface area contributed by atoms with Gasteiger partial charge in [0.05, 0.1) is 0 Å². The summed E-state index contributed by atoms with van der Waals surface area (Å²) in [5, 5.41) is 2.54. The molecule has 0 spiro atoms. The molecule has 0 aromatic heterocycles. The number of anilines is 1. The zero-order valence-corrected chi connectivity index (χ0v) is 11.6. The van der Waals surface area contributed by atoms with Gasteiger partial charge in [-0.15, -0.1) is 0 Å². The lowest BCUT2D eigenvalue weighted by Gasteiger charge is -2.10. The van der Waals surface area contributed by atoms with E-state index < -0.39 is 5.25 Å². The Morgan fingerprint density at radius 3 is 2.79 bits per heavy atom. The van der Waals surface area contributed by atoms with Crippen LogP contribution >= 0.6 is 11.8 Å². The predicted molar refractivity (Wildman–Crippen MR) is 77.2 cm³/mol. The van der Waals surface area contributed by atoms with Crippen molar-refractivity contribution in [1.29, 1.82) is 0 Å². The van der Waals surface area contributed by atoms with Crippen LogP contribution in [0, 0.1) is 13.8 Å². The molecule has 1 aliphatic rings. The van der Waals surface area contributed by atoms with Crippen molar-refractivity contribution in [1.82, 2.24) is 0 Å². The summed E-state index contributed by atoms with van der Waals surface area (Å²) in [7, 11) is 0. The smallest absolute Gasteiger partial charge is 0.262 e. The fourth-order valence-corrected chi connectivity index (χ4v) is 2.68. The summed E-state index contributed by atoms with van der Waals surface area (Å²) >= 11 is 1.14. The number of hydrogen-bond donors (Lipinski definition) is 2. The first-order valence-electron chi connectivity index (χ1n) is 5.87. The number of nitrogens with zero attached hydrogens (tertiary/aromatic N) is 1. The van der Waals surface area contributed by atoms with Crippen LogP contribution in [0.1, 0.15) is 17.5 Å². The number of amides is 2. The van der Waals surface area contributed by atoms with E-state index in [0.29, 0.717) is 0 Å². The van der Waals surface area contributed by atoms with Crippen molar-refractivity contribution < 1.29 is 9.59 Å². The van der Waals surface area contributed by atoms with Crippen LogP contribution in [0.25, 0.3) is 0 Å². The lowest BCUT2D eigenvalue weighted by Crippen LogP contribution is -2.22. The van der Waals surface area contributed by atoms with E-state index in [4.69, 9.17) is 5.73 Å². The van der Waals surface area contributed by atoms with Crippen LogP contribution in [0.5, 0.6) is 0 Å². The van der Waals surface area contributed by atoms with Crippen LogP contribution in [0.4, 0.5) is 5.69 Å². The van der Waals surface area contributed by atoms with Gasteiger partial charge in [-0.1, -0.05) is 29.5 Å². The van der Waals surface area contributed by atoms with E-state index in [1.165, 1.54) is 0 Å². The third-order valence-corrected chi connectivity index (χ3v) is 3.77. The van der Waals surface area contributed by atoms with Crippen LogP contribution in [0.2, 0.25) is 0 Å². The second-order valence-corrected chi connectivity index (χ2v) is 5.69. The van der Waals surface area contributed by atoms with Gasteiger partial charge < -0.3 is 11.1 Å². The molecule has 0 aliphatic carbocycles. The molecule has 1 heterocycles. The number of carbonyl (C=O) groups is 2. The molecule has 3 N–H and O–H groups in total. The molecule has 0 saturated heterocycles. The molecule has 0 fully saturated rings. The summed E-state index contributed by atoms with van der Waals surface area (Å²) in [6, 6.07) is 5.78. The molecule has 1 aromatic carbocycles. The first kappa shape index (κ1) is 13.6. The van der Waals surface area contributed by atoms with Crippen molar-refractivity contribution >= 4 is 34.4 Å². The minimum Gasteiger partial charge on any atom is -0.378 e. The van der Waals surface area contributed by atoms with Crippen LogP contribution in [-0.4, -0.2) is 22.2 Å². The van der Waals surface area contributed by atoms with Crippen molar-refractivity contribution in [3.05, 3.63) is 29.3 Å². The number of nitrogens with two attached hydrogens (primary N) is 1. The average Bonchev–Trinajstić information content (AvgIpc) is 2.61. The van der Waals surface area contributed by atoms with Crippen LogP contribution in [0.15, 0.2) is 23.2 Å². The predicted octanol–water partition coefficient (Wildman–Crippen LogP) is 1.59. The zero-order valence-electron chi connectivity index (χ0n) is 10.8.